The number of ether oxygens (including phenoxy) is 4. The number of nitrogens with two attached hydrogens (primary N) is 1. The normalized spacial score (nSPS) is 14.1. The molecule has 0 saturated carbocycles. The van der Waals surface area contributed by atoms with Crippen LogP contribution in [0.15, 0.2) is 18.2 Å². The number of esters is 4. The van der Waals surface area contributed by atoms with Crippen LogP contribution < -0.4 is 15.2 Å². The number of methoxy groups -OCH3 is 1. The van der Waals surface area contributed by atoms with Crippen molar-refractivity contribution < 1.29 is 38.1 Å². The molecule has 0 aliphatic carbocycles. The molecule has 3 atom stereocenters. The van der Waals surface area contributed by atoms with Crippen LogP contribution in [0.1, 0.15) is 98.0 Å². The maximum Gasteiger partial charge on any atom is 0.326 e. The van der Waals surface area contributed by atoms with Crippen molar-refractivity contribution >= 4 is 23.9 Å². The van der Waals surface area contributed by atoms with Crippen molar-refractivity contribution in [1.29, 1.82) is 0 Å². The lowest BCUT2D eigenvalue weighted by Crippen LogP contribution is -2.53. The maximum absolute atomic E-state index is 12.7. The van der Waals surface area contributed by atoms with Gasteiger partial charge in [-0.25, -0.2) is 0 Å². The standard InChI is InChI=1S/C29H45NO8/c1-7-10-12-25(31)37-23-15-14-22(17-24(23)38-26(32)13-11-8-2)19-29(30,28(34)35-6)18-21(5)36-27(33)16-20(4)9-3/h14-15,17,20-21H,7-13,16,18-19,30H2,1-6H3/t20?,21?,29-/m1/s1. The van der Waals surface area contributed by atoms with Gasteiger partial charge in [0.25, 0.3) is 0 Å². The van der Waals surface area contributed by atoms with E-state index in [4.69, 9.17) is 24.7 Å². The highest BCUT2D eigenvalue weighted by molar-refractivity contribution is 5.81. The van der Waals surface area contributed by atoms with E-state index in [1.165, 1.54) is 19.2 Å². The largest absolute Gasteiger partial charge is 0.468 e. The SMILES string of the molecule is CCCCC(=O)Oc1ccc(C[C@](N)(CC(C)OC(=O)CC(C)CC)C(=O)OC)cc1OC(=O)CCCC. The van der Waals surface area contributed by atoms with Gasteiger partial charge in [-0.05, 0) is 43.4 Å². The Balaban J connectivity index is 3.17. The Morgan fingerprint density at radius 1 is 0.895 bits per heavy atom. The summed E-state index contributed by atoms with van der Waals surface area (Å²) in [5, 5.41) is 0. The molecule has 0 aliphatic heterocycles. The highest BCUT2D eigenvalue weighted by Crippen LogP contribution is 2.32. The summed E-state index contributed by atoms with van der Waals surface area (Å²) in [6.45, 7) is 9.57. The van der Waals surface area contributed by atoms with Crippen LogP contribution in [0.2, 0.25) is 0 Å². The van der Waals surface area contributed by atoms with E-state index in [1.54, 1.807) is 13.0 Å². The lowest BCUT2D eigenvalue weighted by Gasteiger charge is -2.29. The molecule has 0 bridgehead atoms. The molecule has 214 valence electrons. The third-order valence-corrected chi connectivity index (χ3v) is 6.23. The van der Waals surface area contributed by atoms with Crippen molar-refractivity contribution in [2.75, 3.05) is 7.11 Å². The van der Waals surface area contributed by atoms with E-state index in [2.05, 4.69) is 0 Å². The molecule has 38 heavy (non-hydrogen) atoms. The molecule has 0 aromatic heterocycles. The Kier molecular flexibility index (Phi) is 14.6. The summed E-state index contributed by atoms with van der Waals surface area (Å²) in [5.74, 6) is -1.52. The van der Waals surface area contributed by atoms with Gasteiger partial charge in [-0.15, -0.1) is 0 Å². The predicted octanol–water partition coefficient (Wildman–Crippen LogP) is 5.05. The van der Waals surface area contributed by atoms with Gasteiger partial charge in [0.05, 0.1) is 7.11 Å². The first-order chi connectivity index (χ1) is 18.0. The van der Waals surface area contributed by atoms with Gasteiger partial charge in [0, 0.05) is 32.1 Å². The minimum Gasteiger partial charge on any atom is -0.468 e. The second-order valence-corrected chi connectivity index (χ2v) is 9.98. The summed E-state index contributed by atoms with van der Waals surface area (Å²) < 4.78 is 21.5. The zero-order valence-electron chi connectivity index (χ0n) is 23.8. The zero-order chi connectivity index (χ0) is 28.7. The Hall–Kier alpha value is -2.94. The van der Waals surface area contributed by atoms with E-state index >= 15 is 0 Å². The van der Waals surface area contributed by atoms with E-state index in [-0.39, 0.29) is 55.5 Å². The van der Waals surface area contributed by atoms with Gasteiger partial charge < -0.3 is 24.7 Å². The second kappa shape index (κ2) is 16.8. The molecule has 0 saturated heterocycles. The second-order valence-electron chi connectivity index (χ2n) is 9.98. The van der Waals surface area contributed by atoms with Gasteiger partial charge in [0.2, 0.25) is 0 Å². The lowest BCUT2D eigenvalue weighted by molar-refractivity contribution is -0.155. The number of hydrogen-bond acceptors (Lipinski definition) is 9. The predicted molar refractivity (Wildman–Crippen MR) is 144 cm³/mol. The first-order valence-electron chi connectivity index (χ1n) is 13.6. The average molecular weight is 536 g/mol. The van der Waals surface area contributed by atoms with Crippen molar-refractivity contribution in [2.24, 2.45) is 11.7 Å². The molecule has 0 fully saturated rings. The number of unbranched alkanes of at least 4 members (excludes halogenated alkanes) is 2. The smallest absolute Gasteiger partial charge is 0.326 e. The number of carbonyl (C=O) groups is 4. The summed E-state index contributed by atoms with van der Waals surface area (Å²) in [6.07, 6.45) is 3.97. The first kappa shape index (κ1) is 33.1. The van der Waals surface area contributed by atoms with Crippen LogP contribution in [-0.2, 0) is 35.1 Å². The van der Waals surface area contributed by atoms with Gasteiger partial charge >= 0.3 is 23.9 Å². The third-order valence-electron chi connectivity index (χ3n) is 6.23. The molecule has 2 unspecified atom stereocenters. The minimum absolute atomic E-state index is 0.0104. The van der Waals surface area contributed by atoms with Crippen LogP contribution in [-0.4, -0.2) is 42.6 Å². The summed E-state index contributed by atoms with van der Waals surface area (Å²) in [7, 11) is 1.24. The molecular formula is C29H45NO8. The lowest BCUT2D eigenvalue weighted by atomic mass is 9.86. The Labute approximate surface area is 226 Å². The van der Waals surface area contributed by atoms with Crippen molar-refractivity contribution in [2.45, 2.75) is 110 Å². The van der Waals surface area contributed by atoms with Gasteiger partial charge in [-0.1, -0.05) is 53.0 Å². The quantitative estimate of drug-likeness (QED) is 0.215. The fourth-order valence-corrected chi connectivity index (χ4v) is 3.87. The first-order valence-corrected chi connectivity index (χ1v) is 13.6. The number of benzene rings is 1. The van der Waals surface area contributed by atoms with Crippen LogP contribution in [0.3, 0.4) is 0 Å². The molecule has 1 rings (SSSR count). The van der Waals surface area contributed by atoms with Crippen LogP contribution in [0.4, 0.5) is 0 Å². The van der Waals surface area contributed by atoms with Crippen LogP contribution in [0, 0.1) is 5.92 Å². The highest BCUT2D eigenvalue weighted by Gasteiger charge is 2.38. The molecule has 0 radical (unpaired) electrons. The molecule has 0 heterocycles. The van der Waals surface area contributed by atoms with Crippen molar-refractivity contribution in [3.63, 3.8) is 0 Å². The van der Waals surface area contributed by atoms with Crippen LogP contribution in [0.25, 0.3) is 0 Å². The summed E-state index contributed by atoms with van der Waals surface area (Å²) in [5.41, 5.74) is 5.56. The number of hydrogen-bond donors (Lipinski definition) is 1. The van der Waals surface area contributed by atoms with Crippen LogP contribution >= 0.6 is 0 Å². The average Bonchev–Trinajstić information content (AvgIpc) is 2.86. The Bertz CT molecular complexity index is 931. The molecule has 9 heteroatoms. The third kappa shape index (κ3) is 11.6. The topological polar surface area (TPSA) is 131 Å². The van der Waals surface area contributed by atoms with Crippen molar-refractivity contribution in [3.8, 4) is 11.5 Å². The van der Waals surface area contributed by atoms with E-state index < -0.39 is 29.6 Å². The molecule has 0 amide bonds. The number of rotatable bonds is 17. The van der Waals surface area contributed by atoms with E-state index in [1.807, 2.05) is 27.7 Å². The van der Waals surface area contributed by atoms with Gasteiger partial charge in [0.1, 0.15) is 11.6 Å². The maximum atomic E-state index is 12.7. The van der Waals surface area contributed by atoms with E-state index in [0.717, 1.165) is 19.3 Å². The zero-order valence-corrected chi connectivity index (χ0v) is 23.8. The van der Waals surface area contributed by atoms with Crippen molar-refractivity contribution in [3.05, 3.63) is 23.8 Å². The summed E-state index contributed by atoms with van der Waals surface area (Å²) in [6, 6.07) is 4.71. The monoisotopic (exact) mass is 535 g/mol. The van der Waals surface area contributed by atoms with Gasteiger partial charge in [-0.2, -0.15) is 0 Å². The van der Waals surface area contributed by atoms with Gasteiger partial charge in [-0.3, -0.25) is 19.2 Å². The Morgan fingerprint density at radius 2 is 1.47 bits per heavy atom. The molecule has 1 aromatic rings. The fourth-order valence-electron chi connectivity index (χ4n) is 3.87. The fraction of sp³-hybridized carbons (Fsp3) is 0.655. The summed E-state index contributed by atoms with van der Waals surface area (Å²) >= 11 is 0. The van der Waals surface area contributed by atoms with Gasteiger partial charge in [0.15, 0.2) is 11.5 Å². The van der Waals surface area contributed by atoms with E-state index in [9.17, 15) is 19.2 Å². The minimum atomic E-state index is -1.52. The molecule has 2 N–H and O–H groups in total. The molecule has 0 aliphatic rings. The highest BCUT2D eigenvalue weighted by atomic mass is 16.6. The molecule has 1 aromatic carbocycles. The van der Waals surface area contributed by atoms with E-state index in [0.29, 0.717) is 18.4 Å². The molecule has 9 nitrogen and oxygen atoms in total. The summed E-state index contributed by atoms with van der Waals surface area (Å²) in [4.78, 5) is 49.6. The molecule has 0 spiro atoms. The van der Waals surface area contributed by atoms with Crippen LogP contribution in [0.5, 0.6) is 11.5 Å². The Morgan fingerprint density at radius 3 is 2.00 bits per heavy atom. The number of carbonyl (C=O) groups excluding carboxylic acids is 4. The van der Waals surface area contributed by atoms with Crippen molar-refractivity contribution in [1.82, 2.24) is 0 Å². The molecular weight excluding hydrogens is 490 g/mol.